The van der Waals surface area contributed by atoms with Gasteiger partial charge in [0.1, 0.15) is 0 Å². The van der Waals surface area contributed by atoms with E-state index in [9.17, 15) is 33.3 Å². The highest BCUT2D eigenvalue weighted by Gasteiger charge is 2.65. The molecule has 0 unspecified atom stereocenters. The summed E-state index contributed by atoms with van der Waals surface area (Å²) in [4.78, 5) is 24.2. The van der Waals surface area contributed by atoms with Crippen molar-refractivity contribution in [2.45, 2.75) is 96.9 Å². The molecule has 0 spiro atoms. The molecule has 0 bridgehead atoms. The molecule has 224 valence electrons. The molecule has 0 heterocycles. The van der Waals surface area contributed by atoms with Gasteiger partial charge in [-0.2, -0.15) is 8.42 Å². The number of aliphatic hydroxyl groups is 3. The van der Waals surface area contributed by atoms with Gasteiger partial charge in [-0.15, -0.1) is 0 Å². The lowest BCUT2D eigenvalue weighted by Gasteiger charge is -2.63. The van der Waals surface area contributed by atoms with Crippen molar-refractivity contribution >= 4 is 21.9 Å². The number of amides is 2. The molecule has 0 aromatic heterocycles. The Kier molecular flexibility index (Phi) is 9.08. The molecule has 4 fully saturated rings. The van der Waals surface area contributed by atoms with E-state index in [-0.39, 0.29) is 77.9 Å². The van der Waals surface area contributed by atoms with Crippen LogP contribution >= 0.6 is 0 Å². The SMILES string of the molecule is C[C@H](CCC(=O)NCC(=O)NCCS(=O)(=O)O)[C@@H]1CC[C@@H]2[C@H]3[C@H](O)C[C@H]4C[C@@H](O)CC[C@]4(C)[C@@H]3C[C@@H](O)[C@@]21C. The molecular weight excluding hydrogens is 524 g/mol. The van der Waals surface area contributed by atoms with E-state index < -0.39 is 34.0 Å². The van der Waals surface area contributed by atoms with Crippen LogP contribution in [0.25, 0.3) is 0 Å². The van der Waals surface area contributed by atoms with Crippen LogP contribution in [0.1, 0.15) is 78.6 Å². The van der Waals surface area contributed by atoms with Gasteiger partial charge in [0.2, 0.25) is 11.8 Å². The first-order chi connectivity index (χ1) is 18.2. The summed E-state index contributed by atoms with van der Waals surface area (Å²) in [6.45, 7) is 6.15. The first kappa shape index (κ1) is 30.7. The Bertz CT molecular complexity index is 1020. The Hall–Kier alpha value is -1.27. The molecule has 6 N–H and O–H groups in total. The number of hydrogen-bond donors (Lipinski definition) is 6. The van der Waals surface area contributed by atoms with Gasteiger partial charge in [-0.25, -0.2) is 0 Å². The van der Waals surface area contributed by atoms with Gasteiger partial charge < -0.3 is 26.0 Å². The van der Waals surface area contributed by atoms with Gasteiger partial charge in [0.25, 0.3) is 10.1 Å². The Morgan fingerprint density at radius 3 is 2.38 bits per heavy atom. The molecule has 4 aliphatic rings. The smallest absolute Gasteiger partial charge is 0.266 e. The lowest BCUT2D eigenvalue weighted by atomic mass is 9.43. The summed E-state index contributed by atoms with van der Waals surface area (Å²) in [5.74, 6) is -0.0801. The fraction of sp³-hybridized carbons (Fsp3) is 0.929. The second-order valence-corrected chi connectivity index (χ2v) is 15.0. The number of carbonyl (C=O) groups excluding carboxylic acids is 2. The highest BCUT2D eigenvalue weighted by Crippen LogP contribution is 2.68. The minimum absolute atomic E-state index is 0.0336. The normalized spacial score (nSPS) is 42.5. The first-order valence-corrected chi connectivity index (χ1v) is 16.3. The number of hydrogen-bond acceptors (Lipinski definition) is 7. The van der Waals surface area contributed by atoms with E-state index in [1.807, 2.05) is 0 Å². The van der Waals surface area contributed by atoms with E-state index in [2.05, 4.69) is 31.4 Å². The summed E-state index contributed by atoms with van der Waals surface area (Å²) in [6, 6.07) is 0. The first-order valence-electron chi connectivity index (χ1n) is 14.7. The molecule has 4 aliphatic carbocycles. The lowest BCUT2D eigenvalue weighted by molar-refractivity contribution is -0.207. The molecule has 0 radical (unpaired) electrons. The third kappa shape index (κ3) is 6.17. The predicted molar refractivity (Wildman–Crippen MR) is 145 cm³/mol. The van der Waals surface area contributed by atoms with Gasteiger partial charge >= 0.3 is 0 Å². The predicted octanol–water partition coefficient (Wildman–Crippen LogP) is 1.48. The monoisotopic (exact) mass is 572 g/mol. The Morgan fingerprint density at radius 1 is 0.974 bits per heavy atom. The van der Waals surface area contributed by atoms with Crippen molar-refractivity contribution in [3.63, 3.8) is 0 Å². The van der Waals surface area contributed by atoms with Crippen molar-refractivity contribution in [1.82, 2.24) is 10.6 Å². The van der Waals surface area contributed by atoms with Crippen LogP contribution in [0.3, 0.4) is 0 Å². The molecule has 11 atom stereocenters. The molecule has 0 aromatic rings. The van der Waals surface area contributed by atoms with E-state index in [1.54, 1.807) is 0 Å². The maximum absolute atomic E-state index is 12.4. The van der Waals surface area contributed by atoms with Gasteiger partial charge in [-0.1, -0.05) is 20.8 Å². The van der Waals surface area contributed by atoms with Gasteiger partial charge in [0.15, 0.2) is 0 Å². The standard InChI is InChI=1S/C28H48N2O8S/c1-16(4-7-24(34)30-15-25(35)29-10-11-39(36,37)38)19-5-6-20-26-21(14-23(33)28(19,20)3)27(2)9-8-18(31)12-17(27)13-22(26)32/h16-23,26,31-33H,4-15H2,1-3H3,(H,29,35)(H,30,34)(H,36,37,38)/t16-,17-,18+,19+,20-,21-,22-,23-,26-,27+,28-/m1/s1. The van der Waals surface area contributed by atoms with E-state index in [4.69, 9.17) is 4.55 Å². The molecule has 10 nitrogen and oxygen atoms in total. The number of fused-ring (bicyclic) bond motifs is 5. The minimum Gasteiger partial charge on any atom is -0.393 e. The molecule has 4 rings (SSSR count). The number of aliphatic hydroxyl groups excluding tert-OH is 3. The van der Waals surface area contributed by atoms with Crippen molar-refractivity contribution in [1.29, 1.82) is 0 Å². The number of nitrogens with one attached hydrogen (secondary N) is 2. The maximum Gasteiger partial charge on any atom is 0.266 e. The fourth-order valence-electron chi connectivity index (χ4n) is 9.34. The second kappa shape index (κ2) is 11.5. The Morgan fingerprint density at radius 2 is 1.69 bits per heavy atom. The van der Waals surface area contributed by atoms with Crippen LogP contribution in [0, 0.1) is 46.3 Å². The summed E-state index contributed by atoms with van der Waals surface area (Å²) in [5, 5.41) is 38.3. The lowest BCUT2D eigenvalue weighted by Crippen LogP contribution is -2.62. The van der Waals surface area contributed by atoms with Gasteiger partial charge in [-0.05, 0) is 97.7 Å². The molecule has 11 heteroatoms. The maximum atomic E-state index is 12.4. The van der Waals surface area contributed by atoms with E-state index in [1.165, 1.54) is 0 Å². The van der Waals surface area contributed by atoms with E-state index in [0.717, 1.165) is 38.5 Å². The van der Waals surface area contributed by atoms with Crippen molar-refractivity contribution in [2.75, 3.05) is 18.8 Å². The van der Waals surface area contributed by atoms with Crippen LogP contribution in [0.4, 0.5) is 0 Å². The van der Waals surface area contributed by atoms with Crippen LogP contribution in [0.2, 0.25) is 0 Å². The zero-order chi connectivity index (χ0) is 28.8. The fourth-order valence-corrected chi connectivity index (χ4v) is 9.70. The molecule has 4 saturated carbocycles. The topological polar surface area (TPSA) is 173 Å². The molecular formula is C28H48N2O8S. The van der Waals surface area contributed by atoms with Crippen molar-refractivity contribution in [3.8, 4) is 0 Å². The second-order valence-electron chi connectivity index (χ2n) is 13.5. The largest absolute Gasteiger partial charge is 0.393 e. The summed E-state index contributed by atoms with van der Waals surface area (Å²) in [7, 11) is -4.16. The van der Waals surface area contributed by atoms with E-state index >= 15 is 0 Å². The average molecular weight is 573 g/mol. The van der Waals surface area contributed by atoms with Crippen LogP contribution in [-0.2, 0) is 19.7 Å². The zero-order valence-electron chi connectivity index (χ0n) is 23.5. The van der Waals surface area contributed by atoms with Crippen LogP contribution in [0.5, 0.6) is 0 Å². The quantitative estimate of drug-likeness (QED) is 0.225. The molecule has 0 saturated heterocycles. The minimum atomic E-state index is -4.16. The average Bonchev–Trinajstić information content (AvgIpc) is 3.20. The van der Waals surface area contributed by atoms with Crippen LogP contribution < -0.4 is 10.6 Å². The third-order valence-corrected chi connectivity index (χ3v) is 12.2. The highest BCUT2D eigenvalue weighted by molar-refractivity contribution is 7.85. The highest BCUT2D eigenvalue weighted by atomic mass is 32.2. The molecule has 0 aliphatic heterocycles. The van der Waals surface area contributed by atoms with Gasteiger partial charge in [-0.3, -0.25) is 14.1 Å². The molecule has 2 amide bonds. The summed E-state index contributed by atoms with van der Waals surface area (Å²) in [5.41, 5.74) is -0.297. The summed E-state index contributed by atoms with van der Waals surface area (Å²) >= 11 is 0. The van der Waals surface area contributed by atoms with Crippen molar-refractivity contribution in [2.24, 2.45) is 46.3 Å². The Labute approximate surface area is 232 Å². The summed E-state index contributed by atoms with van der Waals surface area (Å²) < 4.78 is 30.2. The Balaban J connectivity index is 1.33. The molecule has 39 heavy (non-hydrogen) atoms. The van der Waals surface area contributed by atoms with Crippen LogP contribution in [-0.4, -0.2) is 77.3 Å². The third-order valence-electron chi connectivity index (χ3n) is 11.5. The summed E-state index contributed by atoms with van der Waals surface area (Å²) in [6.07, 6.45) is 5.44. The van der Waals surface area contributed by atoms with E-state index in [0.29, 0.717) is 12.8 Å². The van der Waals surface area contributed by atoms with Gasteiger partial charge in [0, 0.05) is 13.0 Å². The molecule has 0 aromatic carbocycles. The van der Waals surface area contributed by atoms with Crippen molar-refractivity contribution < 1.29 is 37.9 Å². The van der Waals surface area contributed by atoms with Crippen LogP contribution in [0.15, 0.2) is 0 Å². The zero-order valence-corrected chi connectivity index (χ0v) is 24.3. The van der Waals surface area contributed by atoms with Crippen molar-refractivity contribution in [3.05, 3.63) is 0 Å². The number of carbonyl (C=O) groups is 2. The number of rotatable bonds is 9. The van der Waals surface area contributed by atoms with Gasteiger partial charge in [0.05, 0.1) is 30.6 Å².